The van der Waals surface area contributed by atoms with Gasteiger partial charge in [-0.25, -0.2) is 9.78 Å². The molecule has 2 aliphatic rings. The van der Waals surface area contributed by atoms with E-state index < -0.39 is 6.09 Å². The SMILES string of the molecule is CN(C(=O)O)C1CCN(c2cccc(-c3ccc(C4CCCCC4)cc3)n2)CC1. The van der Waals surface area contributed by atoms with Gasteiger partial charge in [0.2, 0.25) is 0 Å². The molecule has 1 amide bonds. The smallest absolute Gasteiger partial charge is 0.407 e. The predicted molar refractivity (Wildman–Crippen MR) is 117 cm³/mol. The average Bonchev–Trinajstić information content (AvgIpc) is 2.79. The number of anilines is 1. The Balaban J connectivity index is 1.43. The average molecular weight is 394 g/mol. The van der Waals surface area contributed by atoms with Crippen LogP contribution in [0.15, 0.2) is 42.5 Å². The van der Waals surface area contributed by atoms with Gasteiger partial charge in [0, 0.05) is 31.7 Å². The van der Waals surface area contributed by atoms with Crippen LogP contribution in [0.2, 0.25) is 0 Å². The number of piperidine rings is 1. The Morgan fingerprint density at radius 2 is 1.69 bits per heavy atom. The van der Waals surface area contributed by atoms with E-state index in [9.17, 15) is 9.90 Å². The predicted octanol–water partition coefficient (Wildman–Crippen LogP) is 5.37. The molecule has 1 aromatic carbocycles. The molecule has 1 saturated carbocycles. The van der Waals surface area contributed by atoms with Gasteiger partial charge in [-0.1, -0.05) is 49.6 Å². The maximum absolute atomic E-state index is 11.2. The topological polar surface area (TPSA) is 56.7 Å². The lowest BCUT2D eigenvalue weighted by Crippen LogP contribution is -2.45. The van der Waals surface area contributed by atoms with E-state index in [-0.39, 0.29) is 6.04 Å². The van der Waals surface area contributed by atoms with Crippen LogP contribution in [0.25, 0.3) is 11.3 Å². The lowest BCUT2D eigenvalue weighted by molar-refractivity contribution is 0.131. The van der Waals surface area contributed by atoms with E-state index in [2.05, 4.69) is 47.4 Å². The van der Waals surface area contributed by atoms with Crippen molar-refractivity contribution in [2.24, 2.45) is 0 Å². The number of hydrogen-bond acceptors (Lipinski definition) is 3. The monoisotopic (exact) mass is 393 g/mol. The highest BCUT2D eigenvalue weighted by molar-refractivity contribution is 5.65. The maximum Gasteiger partial charge on any atom is 0.407 e. The maximum atomic E-state index is 11.2. The molecule has 2 aromatic rings. The number of benzene rings is 1. The summed E-state index contributed by atoms with van der Waals surface area (Å²) in [5.41, 5.74) is 3.63. The van der Waals surface area contributed by atoms with E-state index >= 15 is 0 Å². The van der Waals surface area contributed by atoms with Gasteiger partial charge in [-0.2, -0.15) is 0 Å². The molecule has 0 unspecified atom stereocenters. The van der Waals surface area contributed by atoms with Gasteiger partial charge in [-0.05, 0) is 49.3 Å². The summed E-state index contributed by atoms with van der Waals surface area (Å²) in [5.74, 6) is 1.71. The summed E-state index contributed by atoms with van der Waals surface area (Å²) in [6.45, 7) is 1.67. The van der Waals surface area contributed by atoms with Crippen LogP contribution in [-0.2, 0) is 0 Å². The zero-order valence-corrected chi connectivity index (χ0v) is 17.3. The van der Waals surface area contributed by atoms with Gasteiger partial charge < -0.3 is 14.9 Å². The van der Waals surface area contributed by atoms with Crippen molar-refractivity contribution in [1.29, 1.82) is 0 Å². The molecule has 1 aromatic heterocycles. The first-order chi connectivity index (χ1) is 14.1. The van der Waals surface area contributed by atoms with Crippen molar-refractivity contribution in [3.8, 4) is 11.3 Å². The molecule has 29 heavy (non-hydrogen) atoms. The Labute approximate surface area is 173 Å². The fourth-order valence-electron chi connectivity index (χ4n) is 4.76. The highest BCUT2D eigenvalue weighted by Gasteiger charge is 2.25. The second kappa shape index (κ2) is 8.85. The number of amides is 1. The zero-order chi connectivity index (χ0) is 20.2. The summed E-state index contributed by atoms with van der Waals surface area (Å²) in [5, 5.41) is 9.18. The quantitative estimate of drug-likeness (QED) is 0.758. The highest BCUT2D eigenvalue weighted by Crippen LogP contribution is 2.33. The number of rotatable bonds is 4. The lowest BCUT2D eigenvalue weighted by atomic mass is 9.84. The molecule has 1 aliphatic carbocycles. The molecule has 154 valence electrons. The second-order valence-corrected chi connectivity index (χ2v) is 8.45. The number of pyridine rings is 1. The van der Waals surface area contributed by atoms with Gasteiger partial charge >= 0.3 is 6.09 Å². The molecule has 0 radical (unpaired) electrons. The van der Waals surface area contributed by atoms with Crippen molar-refractivity contribution < 1.29 is 9.90 Å². The van der Waals surface area contributed by atoms with Crippen molar-refractivity contribution in [1.82, 2.24) is 9.88 Å². The van der Waals surface area contributed by atoms with E-state index in [0.717, 1.165) is 48.9 Å². The molecular weight excluding hydrogens is 362 g/mol. The van der Waals surface area contributed by atoms with E-state index in [0.29, 0.717) is 0 Å². The molecule has 2 fully saturated rings. The molecule has 0 bridgehead atoms. The number of carbonyl (C=O) groups is 1. The summed E-state index contributed by atoms with van der Waals surface area (Å²) in [6, 6.07) is 15.3. The number of aromatic nitrogens is 1. The summed E-state index contributed by atoms with van der Waals surface area (Å²) < 4.78 is 0. The minimum Gasteiger partial charge on any atom is -0.465 e. The van der Waals surface area contributed by atoms with Gasteiger partial charge in [0.15, 0.2) is 0 Å². The molecule has 5 heteroatoms. The molecule has 5 nitrogen and oxygen atoms in total. The molecule has 0 atom stereocenters. The van der Waals surface area contributed by atoms with Gasteiger partial charge in [-0.3, -0.25) is 0 Å². The fraction of sp³-hybridized carbons (Fsp3) is 0.500. The zero-order valence-electron chi connectivity index (χ0n) is 17.3. The second-order valence-electron chi connectivity index (χ2n) is 8.45. The Morgan fingerprint density at radius 3 is 2.34 bits per heavy atom. The van der Waals surface area contributed by atoms with Crippen LogP contribution in [0.5, 0.6) is 0 Å². The first kappa shape index (κ1) is 19.7. The van der Waals surface area contributed by atoms with Crippen molar-refractivity contribution >= 4 is 11.9 Å². The van der Waals surface area contributed by atoms with Gasteiger partial charge in [0.05, 0.1) is 5.69 Å². The Morgan fingerprint density at radius 1 is 1.00 bits per heavy atom. The van der Waals surface area contributed by atoms with Crippen LogP contribution in [0.3, 0.4) is 0 Å². The first-order valence-corrected chi connectivity index (χ1v) is 10.9. The summed E-state index contributed by atoms with van der Waals surface area (Å²) in [7, 11) is 1.67. The molecular formula is C24H31N3O2. The minimum absolute atomic E-state index is 0.0965. The van der Waals surface area contributed by atoms with E-state index in [1.54, 1.807) is 7.05 Å². The van der Waals surface area contributed by atoms with Crippen molar-refractivity contribution in [3.63, 3.8) is 0 Å². The third-order valence-electron chi connectivity index (χ3n) is 6.66. The Bertz CT molecular complexity index is 822. The molecule has 2 heterocycles. The Kier molecular flexibility index (Phi) is 6.02. The van der Waals surface area contributed by atoms with Gasteiger partial charge in [0.1, 0.15) is 5.82 Å². The number of hydrogen-bond donors (Lipinski definition) is 1. The van der Waals surface area contributed by atoms with Crippen LogP contribution in [0.4, 0.5) is 10.6 Å². The highest BCUT2D eigenvalue weighted by atomic mass is 16.4. The Hall–Kier alpha value is -2.56. The lowest BCUT2D eigenvalue weighted by Gasteiger charge is -2.36. The molecule has 1 aliphatic heterocycles. The number of nitrogens with zero attached hydrogens (tertiary/aromatic N) is 3. The number of carboxylic acid groups (broad SMARTS) is 1. The van der Waals surface area contributed by atoms with Gasteiger partial charge in [-0.15, -0.1) is 0 Å². The minimum atomic E-state index is -0.847. The summed E-state index contributed by atoms with van der Waals surface area (Å²) >= 11 is 0. The standard InChI is InChI=1S/C24H31N3O2/c1-26(24(28)29)21-14-16-27(17-15-21)23-9-5-8-22(25-23)20-12-10-19(11-13-20)18-6-3-2-4-7-18/h5,8-13,18,21H,2-4,6-7,14-17H2,1H3,(H,28,29). The van der Waals surface area contributed by atoms with Gasteiger partial charge in [0.25, 0.3) is 0 Å². The molecule has 0 spiro atoms. The van der Waals surface area contributed by atoms with Crippen molar-refractivity contribution in [2.75, 3.05) is 25.0 Å². The molecule has 4 rings (SSSR count). The third-order valence-corrected chi connectivity index (χ3v) is 6.66. The summed E-state index contributed by atoms with van der Waals surface area (Å²) in [4.78, 5) is 19.8. The summed E-state index contributed by atoms with van der Waals surface area (Å²) in [6.07, 6.45) is 7.56. The van der Waals surface area contributed by atoms with Crippen LogP contribution in [0.1, 0.15) is 56.4 Å². The van der Waals surface area contributed by atoms with Crippen LogP contribution in [-0.4, -0.2) is 47.3 Å². The van der Waals surface area contributed by atoms with E-state index in [1.807, 2.05) is 0 Å². The van der Waals surface area contributed by atoms with Crippen molar-refractivity contribution in [2.45, 2.75) is 56.9 Å². The van der Waals surface area contributed by atoms with Crippen molar-refractivity contribution in [3.05, 3.63) is 48.0 Å². The molecule has 1 N–H and O–H groups in total. The van der Waals surface area contributed by atoms with E-state index in [4.69, 9.17) is 4.98 Å². The van der Waals surface area contributed by atoms with E-state index in [1.165, 1.54) is 42.6 Å². The largest absolute Gasteiger partial charge is 0.465 e. The molecule has 1 saturated heterocycles. The third kappa shape index (κ3) is 4.55. The van der Waals surface area contributed by atoms with Crippen LogP contribution >= 0.6 is 0 Å². The first-order valence-electron chi connectivity index (χ1n) is 10.9. The van der Waals surface area contributed by atoms with Crippen LogP contribution < -0.4 is 4.90 Å². The normalized spacial score (nSPS) is 18.6. The fourth-order valence-corrected chi connectivity index (χ4v) is 4.76. The van der Waals surface area contributed by atoms with Crippen LogP contribution in [0, 0.1) is 0 Å².